The molecule has 21 heavy (non-hydrogen) atoms. The fourth-order valence-electron chi connectivity index (χ4n) is 3.16. The first-order valence-corrected chi connectivity index (χ1v) is 8.26. The van der Waals surface area contributed by atoms with Crippen LogP contribution in [0.2, 0.25) is 0 Å². The van der Waals surface area contributed by atoms with Crippen molar-refractivity contribution in [2.75, 3.05) is 33.3 Å². The molecule has 0 aromatic heterocycles. The van der Waals surface area contributed by atoms with E-state index in [1.165, 1.54) is 25.1 Å². The van der Waals surface area contributed by atoms with Gasteiger partial charge in [0.15, 0.2) is 0 Å². The van der Waals surface area contributed by atoms with Gasteiger partial charge in [-0.05, 0) is 56.5 Å². The van der Waals surface area contributed by atoms with Gasteiger partial charge in [-0.1, -0.05) is 26.0 Å². The van der Waals surface area contributed by atoms with E-state index in [1.54, 1.807) is 0 Å². The predicted molar refractivity (Wildman–Crippen MR) is 88.8 cm³/mol. The fourth-order valence-corrected chi connectivity index (χ4v) is 3.16. The summed E-state index contributed by atoms with van der Waals surface area (Å²) in [5, 5.41) is 3.46. The first-order valence-electron chi connectivity index (χ1n) is 8.26. The van der Waals surface area contributed by atoms with Crippen LogP contribution in [0.5, 0.6) is 5.75 Å². The number of nitrogens with zero attached hydrogens (tertiary/aromatic N) is 1. The molecule has 0 spiro atoms. The maximum Gasteiger partial charge on any atom is 0.119 e. The van der Waals surface area contributed by atoms with Gasteiger partial charge >= 0.3 is 0 Å². The molecule has 0 saturated carbocycles. The Morgan fingerprint density at radius 2 is 2.00 bits per heavy atom. The Labute approximate surface area is 129 Å². The first kappa shape index (κ1) is 16.3. The molecular weight excluding hydrogens is 260 g/mol. The lowest BCUT2D eigenvalue weighted by Crippen LogP contribution is -2.32. The van der Waals surface area contributed by atoms with E-state index in [0.29, 0.717) is 6.04 Å². The van der Waals surface area contributed by atoms with Crippen LogP contribution in [0.3, 0.4) is 0 Å². The maximum absolute atomic E-state index is 5.52. The third kappa shape index (κ3) is 4.45. The third-order valence-corrected chi connectivity index (χ3v) is 4.63. The van der Waals surface area contributed by atoms with Crippen molar-refractivity contribution in [3.05, 3.63) is 29.8 Å². The largest absolute Gasteiger partial charge is 0.494 e. The highest BCUT2D eigenvalue weighted by Crippen LogP contribution is 2.26. The van der Waals surface area contributed by atoms with Crippen LogP contribution in [-0.4, -0.2) is 38.2 Å². The minimum Gasteiger partial charge on any atom is -0.494 e. The van der Waals surface area contributed by atoms with Gasteiger partial charge in [0.1, 0.15) is 5.75 Å². The summed E-state index contributed by atoms with van der Waals surface area (Å²) in [5.41, 5.74) is 1.34. The lowest BCUT2D eigenvalue weighted by molar-refractivity contribution is 0.275. The van der Waals surface area contributed by atoms with Crippen molar-refractivity contribution in [3.8, 4) is 5.75 Å². The molecule has 1 aromatic carbocycles. The molecule has 2 unspecified atom stereocenters. The molecule has 0 aliphatic carbocycles. The summed E-state index contributed by atoms with van der Waals surface area (Å²) in [6.07, 6.45) is 1.34. The molecule has 1 N–H and O–H groups in total. The quantitative estimate of drug-likeness (QED) is 0.833. The van der Waals surface area contributed by atoms with Crippen molar-refractivity contribution in [3.63, 3.8) is 0 Å². The molecule has 3 nitrogen and oxygen atoms in total. The van der Waals surface area contributed by atoms with Gasteiger partial charge in [0.2, 0.25) is 0 Å². The van der Waals surface area contributed by atoms with Crippen LogP contribution in [0.1, 0.15) is 38.8 Å². The predicted octanol–water partition coefficient (Wildman–Crippen LogP) is 3.32. The van der Waals surface area contributed by atoms with Gasteiger partial charge in [-0.3, -0.25) is 0 Å². The fraction of sp³-hybridized carbons (Fsp3) is 0.667. The average molecular weight is 290 g/mol. The summed E-state index contributed by atoms with van der Waals surface area (Å²) in [7, 11) is 2.05. The second-order valence-electron chi connectivity index (χ2n) is 6.40. The summed E-state index contributed by atoms with van der Waals surface area (Å²) in [5.74, 6) is 2.62. The first-order chi connectivity index (χ1) is 10.1. The molecule has 118 valence electrons. The zero-order valence-electron chi connectivity index (χ0n) is 13.9. The van der Waals surface area contributed by atoms with E-state index >= 15 is 0 Å². The molecule has 2 rings (SSSR count). The number of rotatable bonds is 7. The van der Waals surface area contributed by atoms with Gasteiger partial charge in [0, 0.05) is 19.1 Å². The Morgan fingerprint density at radius 1 is 1.29 bits per heavy atom. The van der Waals surface area contributed by atoms with Crippen molar-refractivity contribution < 1.29 is 4.74 Å². The molecule has 1 aromatic rings. The number of ether oxygens (including phenoxy) is 1. The van der Waals surface area contributed by atoms with E-state index in [9.17, 15) is 0 Å². The van der Waals surface area contributed by atoms with E-state index in [0.717, 1.165) is 30.7 Å². The Hall–Kier alpha value is -1.06. The lowest BCUT2D eigenvalue weighted by Gasteiger charge is -2.24. The Balaban J connectivity index is 1.93. The summed E-state index contributed by atoms with van der Waals surface area (Å²) >= 11 is 0. The molecule has 1 heterocycles. The second kappa shape index (κ2) is 7.81. The minimum absolute atomic E-state index is 0.395. The van der Waals surface area contributed by atoms with E-state index in [2.05, 4.69) is 55.4 Å². The summed E-state index contributed by atoms with van der Waals surface area (Å²) < 4.78 is 5.52. The van der Waals surface area contributed by atoms with Crippen molar-refractivity contribution in [1.29, 1.82) is 0 Å². The highest BCUT2D eigenvalue weighted by atomic mass is 16.5. The second-order valence-corrected chi connectivity index (χ2v) is 6.40. The lowest BCUT2D eigenvalue weighted by atomic mass is 9.95. The van der Waals surface area contributed by atoms with E-state index in [-0.39, 0.29) is 0 Å². The van der Waals surface area contributed by atoms with Crippen LogP contribution in [0, 0.1) is 11.8 Å². The van der Waals surface area contributed by atoms with Crippen LogP contribution in [-0.2, 0) is 0 Å². The van der Waals surface area contributed by atoms with Crippen LogP contribution >= 0.6 is 0 Å². The average Bonchev–Trinajstić information content (AvgIpc) is 2.95. The van der Waals surface area contributed by atoms with E-state index < -0.39 is 0 Å². The molecule has 2 atom stereocenters. The maximum atomic E-state index is 5.52. The highest BCUT2D eigenvalue weighted by Gasteiger charge is 2.26. The highest BCUT2D eigenvalue weighted by molar-refractivity contribution is 5.29. The van der Waals surface area contributed by atoms with Crippen LogP contribution < -0.4 is 10.1 Å². The Bertz CT molecular complexity index is 416. The standard InChI is InChI=1S/C18H30N2O/c1-5-21-17-8-6-15(7-9-17)18(19-4)13-20-11-10-16(12-20)14(2)3/h6-9,14,16,18-19H,5,10-13H2,1-4H3. The third-order valence-electron chi connectivity index (χ3n) is 4.63. The van der Waals surface area contributed by atoms with Gasteiger partial charge in [-0.25, -0.2) is 0 Å². The summed E-state index contributed by atoms with van der Waals surface area (Å²) in [6, 6.07) is 8.91. The topological polar surface area (TPSA) is 24.5 Å². The van der Waals surface area contributed by atoms with Crippen molar-refractivity contribution in [2.45, 2.75) is 33.2 Å². The van der Waals surface area contributed by atoms with Gasteiger partial charge in [-0.15, -0.1) is 0 Å². The zero-order valence-corrected chi connectivity index (χ0v) is 13.9. The molecule has 0 amide bonds. The number of likely N-dealkylation sites (N-methyl/N-ethyl adjacent to an activating group) is 1. The summed E-state index contributed by atoms with van der Waals surface area (Å²) in [6.45, 7) is 11.0. The number of hydrogen-bond acceptors (Lipinski definition) is 3. The molecule has 1 aliphatic rings. The van der Waals surface area contributed by atoms with Crippen molar-refractivity contribution in [2.24, 2.45) is 11.8 Å². The van der Waals surface area contributed by atoms with E-state index in [4.69, 9.17) is 4.74 Å². The van der Waals surface area contributed by atoms with E-state index in [1.807, 2.05) is 6.92 Å². The molecule has 1 aliphatic heterocycles. The smallest absolute Gasteiger partial charge is 0.119 e. The van der Waals surface area contributed by atoms with Gasteiger partial charge < -0.3 is 15.0 Å². The molecule has 0 bridgehead atoms. The molecule has 1 fully saturated rings. The number of nitrogens with one attached hydrogen (secondary N) is 1. The Kier molecular flexibility index (Phi) is 6.07. The van der Waals surface area contributed by atoms with Crippen LogP contribution in [0.4, 0.5) is 0 Å². The number of benzene rings is 1. The minimum atomic E-state index is 0.395. The van der Waals surface area contributed by atoms with Gasteiger partial charge in [0.05, 0.1) is 6.61 Å². The SMILES string of the molecule is CCOc1ccc(C(CN2CCC(C(C)C)C2)NC)cc1. The van der Waals surface area contributed by atoms with Crippen molar-refractivity contribution >= 4 is 0 Å². The summed E-state index contributed by atoms with van der Waals surface area (Å²) in [4.78, 5) is 2.60. The van der Waals surface area contributed by atoms with Crippen LogP contribution in [0.15, 0.2) is 24.3 Å². The Morgan fingerprint density at radius 3 is 2.52 bits per heavy atom. The van der Waals surface area contributed by atoms with Crippen molar-refractivity contribution in [1.82, 2.24) is 10.2 Å². The molecular formula is C18H30N2O. The number of likely N-dealkylation sites (tertiary alicyclic amines) is 1. The molecule has 0 radical (unpaired) electrons. The normalized spacial score (nSPS) is 20.9. The number of hydrogen-bond donors (Lipinski definition) is 1. The monoisotopic (exact) mass is 290 g/mol. The van der Waals surface area contributed by atoms with Gasteiger partial charge in [-0.2, -0.15) is 0 Å². The molecule has 3 heteroatoms. The van der Waals surface area contributed by atoms with Crippen LogP contribution in [0.25, 0.3) is 0 Å². The zero-order chi connectivity index (χ0) is 15.2. The van der Waals surface area contributed by atoms with Gasteiger partial charge in [0.25, 0.3) is 0 Å². The molecule has 1 saturated heterocycles.